The van der Waals surface area contributed by atoms with Crippen LogP contribution in [0.2, 0.25) is 0 Å². The number of hydrogen-bond donors (Lipinski definition) is 2. The number of aryl methyl sites for hydroxylation is 1. The Morgan fingerprint density at radius 1 is 1.08 bits per heavy atom. The van der Waals surface area contributed by atoms with E-state index in [4.69, 9.17) is 0 Å². The number of rotatable bonds is 7. The molecule has 0 aliphatic carbocycles. The minimum atomic E-state index is -0.115. The molecule has 26 heavy (non-hydrogen) atoms. The highest BCUT2D eigenvalue weighted by Crippen LogP contribution is 2.22. The second-order valence-corrected chi connectivity index (χ2v) is 7.10. The second kappa shape index (κ2) is 8.58. The average molecular weight is 367 g/mol. The van der Waals surface area contributed by atoms with Crippen LogP contribution in [0.1, 0.15) is 33.8 Å². The lowest BCUT2D eigenvalue weighted by molar-refractivity contribution is -0.121. The number of para-hydroxylation sites is 1. The molecule has 0 fully saturated rings. The minimum absolute atomic E-state index is 0.0292. The number of benzene rings is 2. The van der Waals surface area contributed by atoms with Crippen molar-refractivity contribution in [2.45, 2.75) is 25.8 Å². The largest absolute Gasteiger partial charge is 0.355 e. The molecular formula is C20H21N3O2S. The van der Waals surface area contributed by atoms with E-state index in [0.29, 0.717) is 18.5 Å². The van der Waals surface area contributed by atoms with Gasteiger partial charge in [0.05, 0.1) is 15.2 Å². The molecule has 134 valence electrons. The Balaban J connectivity index is 1.42. The standard InChI is InChI=1S/C20H21N3O2S/c1-21-20(25)15-11-9-14(10-12-15)13-22-18(24)7-4-8-19-23-16-5-2-3-6-17(16)26-19/h2-3,5-6,9-12H,4,7-8,13H2,1H3,(H,21,25)(H,22,24). The maximum absolute atomic E-state index is 12.0. The molecule has 0 spiro atoms. The van der Waals surface area contributed by atoms with Crippen LogP contribution in [0.5, 0.6) is 0 Å². The number of thiazole rings is 1. The number of amides is 2. The van der Waals surface area contributed by atoms with Gasteiger partial charge in [-0.1, -0.05) is 24.3 Å². The molecule has 2 amide bonds. The number of carbonyl (C=O) groups is 2. The third kappa shape index (κ3) is 4.67. The molecule has 3 aromatic rings. The van der Waals surface area contributed by atoms with Gasteiger partial charge in [-0.25, -0.2) is 4.98 Å². The highest BCUT2D eigenvalue weighted by molar-refractivity contribution is 7.18. The van der Waals surface area contributed by atoms with Crippen molar-refractivity contribution in [2.75, 3.05) is 7.05 Å². The van der Waals surface area contributed by atoms with E-state index in [2.05, 4.69) is 21.7 Å². The predicted octanol–water partition coefficient (Wildman–Crippen LogP) is 3.30. The molecule has 0 saturated heterocycles. The third-order valence-electron chi connectivity index (χ3n) is 4.07. The summed E-state index contributed by atoms with van der Waals surface area (Å²) in [4.78, 5) is 28.1. The molecule has 0 radical (unpaired) electrons. The zero-order valence-corrected chi connectivity index (χ0v) is 15.4. The van der Waals surface area contributed by atoms with Gasteiger partial charge in [0.1, 0.15) is 0 Å². The van der Waals surface area contributed by atoms with Gasteiger partial charge < -0.3 is 10.6 Å². The lowest BCUT2D eigenvalue weighted by atomic mass is 10.1. The normalized spacial score (nSPS) is 10.7. The lowest BCUT2D eigenvalue weighted by Crippen LogP contribution is -2.22. The topological polar surface area (TPSA) is 71.1 Å². The predicted molar refractivity (Wildman–Crippen MR) is 104 cm³/mol. The number of aromatic nitrogens is 1. The van der Waals surface area contributed by atoms with Crippen LogP contribution in [0.4, 0.5) is 0 Å². The van der Waals surface area contributed by atoms with Crippen LogP contribution >= 0.6 is 11.3 Å². The molecular weight excluding hydrogens is 346 g/mol. The highest BCUT2D eigenvalue weighted by Gasteiger charge is 2.06. The summed E-state index contributed by atoms with van der Waals surface area (Å²) in [5, 5.41) is 6.57. The Bertz CT molecular complexity index is 870. The van der Waals surface area contributed by atoms with Crippen molar-refractivity contribution in [2.24, 2.45) is 0 Å². The van der Waals surface area contributed by atoms with E-state index in [-0.39, 0.29) is 11.8 Å². The molecule has 1 heterocycles. The van der Waals surface area contributed by atoms with Crippen LogP contribution < -0.4 is 10.6 Å². The van der Waals surface area contributed by atoms with Crippen molar-refractivity contribution in [3.63, 3.8) is 0 Å². The molecule has 3 rings (SSSR count). The molecule has 5 nitrogen and oxygen atoms in total. The fraction of sp³-hybridized carbons (Fsp3) is 0.250. The zero-order chi connectivity index (χ0) is 18.4. The third-order valence-corrected chi connectivity index (χ3v) is 5.16. The summed E-state index contributed by atoms with van der Waals surface area (Å²) < 4.78 is 1.19. The number of nitrogens with one attached hydrogen (secondary N) is 2. The first kappa shape index (κ1) is 18.1. The van der Waals surface area contributed by atoms with E-state index < -0.39 is 0 Å². The minimum Gasteiger partial charge on any atom is -0.355 e. The molecule has 6 heteroatoms. The first-order chi connectivity index (χ1) is 12.7. The number of hydrogen-bond acceptors (Lipinski definition) is 4. The number of carbonyl (C=O) groups excluding carboxylic acids is 2. The van der Waals surface area contributed by atoms with Gasteiger partial charge in [0.25, 0.3) is 5.91 Å². The van der Waals surface area contributed by atoms with Crippen molar-refractivity contribution in [3.8, 4) is 0 Å². The molecule has 0 aliphatic heterocycles. The van der Waals surface area contributed by atoms with Crippen LogP contribution in [-0.2, 0) is 17.8 Å². The van der Waals surface area contributed by atoms with Gasteiger partial charge in [0.2, 0.25) is 5.91 Å². The summed E-state index contributed by atoms with van der Waals surface area (Å²) >= 11 is 1.69. The molecule has 0 unspecified atom stereocenters. The molecule has 0 saturated carbocycles. The van der Waals surface area contributed by atoms with E-state index in [0.717, 1.165) is 28.9 Å². The number of nitrogens with zero attached hydrogens (tertiary/aromatic N) is 1. The van der Waals surface area contributed by atoms with Gasteiger partial charge in [-0.3, -0.25) is 9.59 Å². The van der Waals surface area contributed by atoms with E-state index in [1.807, 2.05) is 30.3 Å². The summed E-state index contributed by atoms with van der Waals surface area (Å²) in [6.07, 6.45) is 2.07. The first-order valence-corrected chi connectivity index (χ1v) is 9.39. The van der Waals surface area contributed by atoms with Gasteiger partial charge in [-0.15, -0.1) is 11.3 Å². The van der Waals surface area contributed by atoms with Gasteiger partial charge in [-0.2, -0.15) is 0 Å². The monoisotopic (exact) mass is 367 g/mol. The zero-order valence-electron chi connectivity index (χ0n) is 14.6. The van der Waals surface area contributed by atoms with E-state index >= 15 is 0 Å². The fourth-order valence-electron chi connectivity index (χ4n) is 2.63. The summed E-state index contributed by atoms with van der Waals surface area (Å²) in [6.45, 7) is 0.466. The molecule has 0 bridgehead atoms. The lowest BCUT2D eigenvalue weighted by Gasteiger charge is -2.06. The quantitative estimate of drug-likeness (QED) is 0.673. The maximum atomic E-state index is 12.0. The summed E-state index contributed by atoms with van der Waals surface area (Å²) in [5.41, 5.74) is 2.60. The SMILES string of the molecule is CNC(=O)c1ccc(CNC(=O)CCCc2nc3ccccc3s2)cc1. The molecule has 2 aromatic carbocycles. The van der Waals surface area contributed by atoms with Crippen LogP contribution in [-0.4, -0.2) is 23.8 Å². The number of fused-ring (bicyclic) bond motifs is 1. The Labute approximate surface area is 156 Å². The van der Waals surface area contributed by atoms with Crippen molar-refractivity contribution >= 4 is 33.4 Å². The highest BCUT2D eigenvalue weighted by atomic mass is 32.1. The van der Waals surface area contributed by atoms with E-state index in [9.17, 15) is 9.59 Å². The second-order valence-electron chi connectivity index (χ2n) is 5.98. The Morgan fingerprint density at radius 2 is 1.85 bits per heavy atom. The van der Waals surface area contributed by atoms with Crippen LogP contribution in [0.15, 0.2) is 48.5 Å². The smallest absolute Gasteiger partial charge is 0.251 e. The van der Waals surface area contributed by atoms with Crippen molar-refractivity contribution in [1.29, 1.82) is 0 Å². The van der Waals surface area contributed by atoms with E-state index in [1.54, 1.807) is 30.5 Å². The van der Waals surface area contributed by atoms with Crippen molar-refractivity contribution < 1.29 is 9.59 Å². The molecule has 0 aliphatic rings. The molecule has 1 aromatic heterocycles. The summed E-state index contributed by atoms with van der Waals surface area (Å²) in [6, 6.07) is 15.3. The van der Waals surface area contributed by atoms with Gasteiger partial charge in [-0.05, 0) is 42.7 Å². The van der Waals surface area contributed by atoms with Gasteiger partial charge in [0.15, 0.2) is 0 Å². The molecule has 2 N–H and O–H groups in total. The van der Waals surface area contributed by atoms with Crippen LogP contribution in [0, 0.1) is 0 Å². The maximum Gasteiger partial charge on any atom is 0.251 e. The Hall–Kier alpha value is -2.73. The van der Waals surface area contributed by atoms with Crippen molar-refractivity contribution in [3.05, 3.63) is 64.7 Å². The van der Waals surface area contributed by atoms with E-state index in [1.165, 1.54) is 4.70 Å². The van der Waals surface area contributed by atoms with Crippen molar-refractivity contribution in [1.82, 2.24) is 15.6 Å². The van der Waals surface area contributed by atoms with Crippen LogP contribution in [0.25, 0.3) is 10.2 Å². The average Bonchev–Trinajstić information content (AvgIpc) is 3.09. The molecule has 0 atom stereocenters. The van der Waals surface area contributed by atoms with Gasteiger partial charge in [0, 0.05) is 25.6 Å². The fourth-order valence-corrected chi connectivity index (χ4v) is 3.64. The Morgan fingerprint density at radius 3 is 2.58 bits per heavy atom. The first-order valence-electron chi connectivity index (χ1n) is 8.58. The van der Waals surface area contributed by atoms with Gasteiger partial charge >= 0.3 is 0 Å². The van der Waals surface area contributed by atoms with Crippen LogP contribution in [0.3, 0.4) is 0 Å². The summed E-state index contributed by atoms with van der Waals surface area (Å²) in [7, 11) is 1.60. The Kier molecular flexibility index (Phi) is 5.96. The summed E-state index contributed by atoms with van der Waals surface area (Å²) in [5.74, 6) is -0.0862.